The zero-order chi connectivity index (χ0) is 23.2. The first-order valence-electron chi connectivity index (χ1n) is 10.4. The number of aromatic nitrogens is 1. The van der Waals surface area contributed by atoms with Gasteiger partial charge in [0.25, 0.3) is 0 Å². The molecule has 0 saturated heterocycles. The van der Waals surface area contributed by atoms with Crippen LogP contribution in [0.15, 0.2) is 79.5 Å². The Morgan fingerprint density at radius 3 is 2.52 bits per heavy atom. The van der Waals surface area contributed by atoms with Crippen molar-refractivity contribution in [2.75, 3.05) is 6.61 Å². The summed E-state index contributed by atoms with van der Waals surface area (Å²) in [4.78, 5) is 4.36. The maximum atomic E-state index is 14.6. The van der Waals surface area contributed by atoms with Crippen molar-refractivity contribution in [1.82, 2.24) is 4.98 Å². The number of benzene rings is 3. The van der Waals surface area contributed by atoms with Crippen LogP contribution < -0.4 is 4.74 Å². The van der Waals surface area contributed by atoms with Crippen LogP contribution in [0.25, 0.3) is 10.8 Å². The summed E-state index contributed by atoms with van der Waals surface area (Å²) >= 11 is 0. The highest BCUT2D eigenvalue weighted by molar-refractivity contribution is 5.84. The van der Waals surface area contributed by atoms with Crippen molar-refractivity contribution in [3.63, 3.8) is 0 Å². The van der Waals surface area contributed by atoms with Gasteiger partial charge in [0.05, 0.1) is 11.8 Å². The third-order valence-corrected chi connectivity index (χ3v) is 5.12. The highest BCUT2D eigenvalue weighted by Gasteiger charge is 2.07. The molecule has 0 unspecified atom stereocenters. The van der Waals surface area contributed by atoms with E-state index < -0.39 is 17.5 Å². The van der Waals surface area contributed by atoms with Crippen LogP contribution in [-0.4, -0.2) is 11.6 Å². The van der Waals surface area contributed by atoms with Gasteiger partial charge in [-0.3, -0.25) is 4.98 Å². The van der Waals surface area contributed by atoms with E-state index in [1.807, 2.05) is 18.2 Å². The second-order valence-electron chi connectivity index (χ2n) is 7.45. The largest absolute Gasteiger partial charge is 0.488 e. The molecule has 0 radical (unpaired) electrons. The third kappa shape index (κ3) is 5.42. The SMILES string of the molecule is C=CCOc1ccc(CCc2ccc(C#Cc3ccc4c(F)c(F)ccc4c3)c(F)c2)nc1. The number of nitrogens with zero attached hydrogens (tertiary/aromatic N) is 1. The molecule has 0 amide bonds. The number of pyridine rings is 1. The van der Waals surface area contributed by atoms with Gasteiger partial charge in [0.2, 0.25) is 0 Å². The van der Waals surface area contributed by atoms with Crippen molar-refractivity contribution in [1.29, 1.82) is 0 Å². The molecule has 2 nitrogen and oxygen atoms in total. The Morgan fingerprint density at radius 1 is 0.879 bits per heavy atom. The van der Waals surface area contributed by atoms with Crippen LogP contribution in [0.3, 0.4) is 0 Å². The maximum Gasteiger partial charge on any atom is 0.166 e. The van der Waals surface area contributed by atoms with Crippen LogP contribution >= 0.6 is 0 Å². The molecule has 0 aliphatic carbocycles. The van der Waals surface area contributed by atoms with Crippen LogP contribution in [0.5, 0.6) is 5.75 Å². The van der Waals surface area contributed by atoms with E-state index in [9.17, 15) is 13.2 Å². The molecule has 0 fully saturated rings. The summed E-state index contributed by atoms with van der Waals surface area (Å²) < 4.78 is 47.2. The van der Waals surface area contributed by atoms with E-state index in [0.717, 1.165) is 17.3 Å². The zero-order valence-electron chi connectivity index (χ0n) is 17.7. The Labute approximate surface area is 190 Å². The summed E-state index contributed by atoms with van der Waals surface area (Å²) in [6.07, 6.45) is 4.63. The quantitative estimate of drug-likeness (QED) is 0.254. The Bertz CT molecular complexity index is 1370. The van der Waals surface area contributed by atoms with E-state index >= 15 is 0 Å². The summed E-state index contributed by atoms with van der Waals surface area (Å²) in [5.41, 5.74) is 2.59. The summed E-state index contributed by atoms with van der Waals surface area (Å²) in [5, 5.41) is 0.718. The fraction of sp³-hybridized carbons (Fsp3) is 0.107. The first-order chi connectivity index (χ1) is 16.0. The molecule has 1 heterocycles. The third-order valence-electron chi connectivity index (χ3n) is 5.12. The Balaban J connectivity index is 1.43. The molecule has 164 valence electrons. The zero-order valence-corrected chi connectivity index (χ0v) is 17.7. The lowest BCUT2D eigenvalue weighted by Gasteiger charge is -2.05. The van der Waals surface area contributed by atoms with Crippen molar-refractivity contribution in [3.8, 4) is 17.6 Å². The number of hydrogen-bond donors (Lipinski definition) is 0. The molecule has 0 aliphatic heterocycles. The average molecular weight is 443 g/mol. The van der Waals surface area contributed by atoms with Gasteiger partial charge < -0.3 is 4.74 Å². The first-order valence-corrected chi connectivity index (χ1v) is 10.4. The molecule has 0 N–H and O–H groups in total. The maximum absolute atomic E-state index is 14.6. The molecule has 0 saturated carbocycles. The number of rotatable bonds is 6. The van der Waals surface area contributed by atoms with Gasteiger partial charge >= 0.3 is 0 Å². The highest BCUT2D eigenvalue weighted by Crippen LogP contribution is 2.21. The summed E-state index contributed by atoms with van der Waals surface area (Å²) in [6.45, 7) is 4.03. The Morgan fingerprint density at radius 2 is 1.76 bits per heavy atom. The van der Waals surface area contributed by atoms with Crippen LogP contribution in [0.4, 0.5) is 13.2 Å². The van der Waals surface area contributed by atoms with Gasteiger partial charge in [-0.2, -0.15) is 0 Å². The topological polar surface area (TPSA) is 22.1 Å². The van der Waals surface area contributed by atoms with Crippen LogP contribution in [0.2, 0.25) is 0 Å². The van der Waals surface area contributed by atoms with Crippen LogP contribution in [0, 0.1) is 29.3 Å². The Hall–Kier alpha value is -4.04. The van der Waals surface area contributed by atoms with E-state index in [-0.39, 0.29) is 10.9 Å². The number of fused-ring (bicyclic) bond motifs is 1. The minimum absolute atomic E-state index is 0.185. The molecule has 0 atom stereocenters. The smallest absolute Gasteiger partial charge is 0.166 e. The van der Waals surface area contributed by atoms with E-state index in [4.69, 9.17) is 4.74 Å². The van der Waals surface area contributed by atoms with E-state index in [1.54, 1.807) is 30.5 Å². The fourth-order valence-electron chi connectivity index (χ4n) is 3.37. The molecule has 1 aromatic heterocycles. The van der Waals surface area contributed by atoms with Crippen molar-refractivity contribution < 1.29 is 17.9 Å². The van der Waals surface area contributed by atoms with Crippen LogP contribution in [0.1, 0.15) is 22.4 Å². The molecule has 0 aliphatic rings. The first kappa shape index (κ1) is 22.2. The summed E-state index contributed by atoms with van der Waals surface area (Å²) in [7, 11) is 0. The normalized spacial score (nSPS) is 10.5. The molecule has 3 aromatic carbocycles. The number of hydrogen-bond acceptors (Lipinski definition) is 2. The summed E-state index contributed by atoms with van der Waals surface area (Å²) in [5.74, 6) is 4.20. The van der Waals surface area contributed by atoms with Crippen LogP contribution in [-0.2, 0) is 12.8 Å². The lowest BCUT2D eigenvalue weighted by atomic mass is 10.0. The van der Waals surface area contributed by atoms with Gasteiger partial charge in [-0.05, 0) is 66.3 Å². The molecular formula is C28H20F3NO. The number of aryl methyl sites for hydroxylation is 2. The fourth-order valence-corrected chi connectivity index (χ4v) is 3.37. The predicted molar refractivity (Wildman–Crippen MR) is 124 cm³/mol. The van der Waals surface area contributed by atoms with Gasteiger partial charge in [0.1, 0.15) is 18.2 Å². The highest BCUT2D eigenvalue weighted by atomic mass is 19.2. The molecule has 4 rings (SSSR count). The van der Waals surface area contributed by atoms with Gasteiger partial charge in [-0.15, -0.1) is 0 Å². The van der Waals surface area contributed by atoms with Crippen molar-refractivity contribution in [3.05, 3.63) is 119 Å². The van der Waals surface area contributed by atoms with Crippen molar-refractivity contribution in [2.45, 2.75) is 12.8 Å². The second-order valence-corrected chi connectivity index (χ2v) is 7.45. The molecule has 33 heavy (non-hydrogen) atoms. The standard InChI is InChI=1S/C28H20F3NO/c1-2-15-33-24-12-11-23(32-18-24)10-5-20-4-8-21(27(30)17-20)7-3-19-6-13-25-22(16-19)9-14-26(29)28(25)31/h2,4,6,8-9,11-14,16-18H,1,5,10,15H2. The molecule has 0 spiro atoms. The monoisotopic (exact) mass is 443 g/mol. The number of ether oxygens (including phenoxy) is 1. The predicted octanol–water partition coefficient (Wildman–Crippen LogP) is 6.40. The lowest BCUT2D eigenvalue weighted by Crippen LogP contribution is -1.98. The molecule has 4 aromatic rings. The van der Waals surface area contributed by atoms with E-state index in [1.165, 1.54) is 18.2 Å². The van der Waals surface area contributed by atoms with Gasteiger partial charge in [0.15, 0.2) is 11.6 Å². The average Bonchev–Trinajstić information content (AvgIpc) is 2.84. The second kappa shape index (κ2) is 10.1. The van der Waals surface area contributed by atoms with Gasteiger partial charge in [0, 0.05) is 16.6 Å². The van der Waals surface area contributed by atoms with E-state index in [2.05, 4.69) is 23.4 Å². The van der Waals surface area contributed by atoms with E-state index in [0.29, 0.717) is 36.1 Å². The molecular weight excluding hydrogens is 423 g/mol. The van der Waals surface area contributed by atoms with Crippen molar-refractivity contribution >= 4 is 10.8 Å². The van der Waals surface area contributed by atoms with Gasteiger partial charge in [-0.1, -0.05) is 42.7 Å². The minimum atomic E-state index is -0.895. The number of halogens is 3. The lowest BCUT2D eigenvalue weighted by molar-refractivity contribution is 0.361. The minimum Gasteiger partial charge on any atom is -0.488 e. The summed E-state index contributed by atoms with van der Waals surface area (Å²) in [6, 6.07) is 16.0. The molecule has 0 bridgehead atoms. The van der Waals surface area contributed by atoms with Gasteiger partial charge in [-0.25, -0.2) is 13.2 Å². The Kier molecular flexibility index (Phi) is 6.75. The molecule has 5 heteroatoms. The van der Waals surface area contributed by atoms with Crippen molar-refractivity contribution in [2.24, 2.45) is 0 Å².